The lowest BCUT2D eigenvalue weighted by molar-refractivity contribution is 0.346. The predicted molar refractivity (Wildman–Crippen MR) is 117 cm³/mol. The van der Waals surface area contributed by atoms with Gasteiger partial charge in [-0.2, -0.15) is 4.31 Å². The standard InChI is InChI=1S/C22H30N4O2S/c1-19-8-10-20(11-9-19)24-13-6-14-25(18-17-24)22-21(7-5-12-23-22)29(27,28)26-15-3-2-4-16-26/h5,7-12H,2-4,6,13-18H2,1H3. The summed E-state index contributed by atoms with van der Waals surface area (Å²) in [5.74, 6) is 0.601. The van der Waals surface area contributed by atoms with Crippen molar-refractivity contribution in [2.75, 3.05) is 49.1 Å². The van der Waals surface area contributed by atoms with E-state index < -0.39 is 10.0 Å². The van der Waals surface area contributed by atoms with Crippen molar-refractivity contribution in [2.24, 2.45) is 0 Å². The van der Waals surface area contributed by atoms with Crippen molar-refractivity contribution in [1.82, 2.24) is 9.29 Å². The zero-order chi connectivity index (χ0) is 20.3. The fourth-order valence-electron chi connectivity index (χ4n) is 4.21. The van der Waals surface area contributed by atoms with Crippen LogP contribution in [0.2, 0.25) is 0 Å². The molecule has 0 spiro atoms. The van der Waals surface area contributed by atoms with Gasteiger partial charge in [0.15, 0.2) is 0 Å². The second kappa shape index (κ2) is 8.71. The van der Waals surface area contributed by atoms with Gasteiger partial charge in [-0.15, -0.1) is 0 Å². The Hall–Kier alpha value is -2.12. The van der Waals surface area contributed by atoms with Gasteiger partial charge in [-0.25, -0.2) is 13.4 Å². The Morgan fingerprint density at radius 1 is 0.793 bits per heavy atom. The molecule has 0 unspecified atom stereocenters. The molecule has 2 aromatic rings. The number of benzene rings is 1. The predicted octanol–water partition coefficient (Wildman–Crippen LogP) is 3.28. The minimum atomic E-state index is -3.51. The number of rotatable bonds is 4. The van der Waals surface area contributed by atoms with Crippen molar-refractivity contribution in [1.29, 1.82) is 0 Å². The van der Waals surface area contributed by atoms with E-state index in [1.165, 1.54) is 11.3 Å². The lowest BCUT2D eigenvalue weighted by Crippen LogP contribution is -2.37. The molecule has 2 saturated heterocycles. The Kier molecular flexibility index (Phi) is 6.06. The lowest BCUT2D eigenvalue weighted by atomic mass is 10.2. The van der Waals surface area contributed by atoms with E-state index in [-0.39, 0.29) is 0 Å². The lowest BCUT2D eigenvalue weighted by Gasteiger charge is -2.29. The minimum absolute atomic E-state index is 0.352. The highest BCUT2D eigenvalue weighted by Gasteiger charge is 2.31. The first-order valence-corrected chi connectivity index (χ1v) is 12.0. The second-order valence-electron chi connectivity index (χ2n) is 7.95. The number of anilines is 2. The highest BCUT2D eigenvalue weighted by Crippen LogP contribution is 2.29. The number of hydrogen-bond acceptors (Lipinski definition) is 5. The highest BCUT2D eigenvalue weighted by atomic mass is 32.2. The van der Waals surface area contributed by atoms with Crippen LogP contribution in [0.5, 0.6) is 0 Å². The van der Waals surface area contributed by atoms with Gasteiger partial charge in [0.25, 0.3) is 0 Å². The topological polar surface area (TPSA) is 56.8 Å². The summed E-state index contributed by atoms with van der Waals surface area (Å²) in [6.07, 6.45) is 5.64. The van der Waals surface area contributed by atoms with Crippen LogP contribution in [0, 0.1) is 6.92 Å². The molecular weight excluding hydrogens is 384 g/mol. The van der Waals surface area contributed by atoms with Crippen molar-refractivity contribution in [3.8, 4) is 0 Å². The first kappa shape index (κ1) is 20.2. The molecule has 0 atom stereocenters. The molecule has 0 aliphatic carbocycles. The number of piperidine rings is 1. The summed E-state index contributed by atoms with van der Waals surface area (Å²) in [6.45, 7) is 6.69. The Morgan fingerprint density at radius 3 is 2.24 bits per heavy atom. The van der Waals surface area contributed by atoms with Crippen molar-refractivity contribution < 1.29 is 8.42 Å². The molecule has 1 aromatic heterocycles. The monoisotopic (exact) mass is 414 g/mol. The molecule has 156 valence electrons. The van der Waals surface area contributed by atoms with Crippen LogP contribution in [0.15, 0.2) is 47.5 Å². The van der Waals surface area contributed by atoms with Crippen molar-refractivity contribution >= 4 is 21.5 Å². The molecule has 2 aliphatic rings. The molecule has 29 heavy (non-hydrogen) atoms. The van der Waals surface area contributed by atoms with Gasteiger partial charge >= 0.3 is 0 Å². The van der Waals surface area contributed by atoms with Gasteiger partial charge in [0.05, 0.1) is 0 Å². The SMILES string of the molecule is Cc1ccc(N2CCCN(c3ncccc3S(=O)(=O)N3CCCCC3)CC2)cc1. The highest BCUT2D eigenvalue weighted by molar-refractivity contribution is 7.89. The third-order valence-corrected chi connectivity index (χ3v) is 7.80. The molecule has 0 saturated carbocycles. The van der Waals surface area contributed by atoms with Crippen LogP contribution in [0.4, 0.5) is 11.5 Å². The largest absolute Gasteiger partial charge is 0.370 e. The molecule has 0 N–H and O–H groups in total. The van der Waals surface area contributed by atoms with E-state index in [2.05, 4.69) is 46.0 Å². The van der Waals surface area contributed by atoms with E-state index in [1.807, 2.05) is 0 Å². The number of aryl methyl sites for hydroxylation is 1. The van der Waals surface area contributed by atoms with Gasteiger partial charge in [0.2, 0.25) is 10.0 Å². The normalized spacial score (nSPS) is 19.2. The summed E-state index contributed by atoms with van der Waals surface area (Å²) in [5, 5.41) is 0. The van der Waals surface area contributed by atoms with Gasteiger partial charge < -0.3 is 9.80 Å². The quantitative estimate of drug-likeness (QED) is 0.768. The average molecular weight is 415 g/mol. The van der Waals surface area contributed by atoms with E-state index in [0.29, 0.717) is 23.8 Å². The van der Waals surface area contributed by atoms with E-state index >= 15 is 0 Å². The van der Waals surface area contributed by atoms with Gasteiger partial charge in [0.1, 0.15) is 10.7 Å². The van der Waals surface area contributed by atoms with E-state index in [1.54, 1.807) is 22.6 Å². The summed E-state index contributed by atoms with van der Waals surface area (Å²) < 4.78 is 28.2. The third-order valence-electron chi connectivity index (χ3n) is 5.88. The maximum absolute atomic E-state index is 13.3. The third kappa shape index (κ3) is 4.41. The number of nitrogens with zero attached hydrogens (tertiary/aromatic N) is 4. The Balaban J connectivity index is 1.55. The molecule has 3 heterocycles. The summed E-state index contributed by atoms with van der Waals surface area (Å²) in [6, 6.07) is 12.1. The summed E-state index contributed by atoms with van der Waals surface area (Å²) >= 11 is 0. The van der Waals surface area contributed by atoms with E-state index in [9.17, 15) is 8.42 Å². The van der Waals surface area contributed by atoms with Crippen LogP contribution in [-0.4, -0.2) is 57.0 Å². The van der Waals surface area contributed by atoms with E-state index in [4.69, 9.17) is 0 Å². The molecule has 6 nitrogen and oxygen atoms in total. The molecule has 4 rings (SSSR count). The Labute approximate surface area is 174 Å². The minimum Gasteiger partial charge on any atom is -0.370 e. The van der Waals surface area contributed by atoms with Gasteiger partial charge in [-0.3, -0.25) is 0 Å². The Morgan fingerprint density at radius 2 is 1.48 bits per heavy atom. The molecular formula is C22H30N4O2S. The van der Waals surface area contributed by atoms with Gasteiger partial charge in [-0.05, 0) is 50.5 Å². The van der Waals surface area contributed by atoms with Gasteiger partial charge in [0, 0.05) is 51.2 Å². The maximum atomic E-state index is 13.3. The molecule has 1 aromatic carbocycles. The molecule has 0 amide bonds. The maximum Gasteiger partial charge on any atom is 0.246 e. The van der Waals surface area contributed by atoms with Crippen LogP contribution in [0.1, 0.15) is 31.2 Å². The van der Waals surface area contributed by atoms with Gasteiger partial charge in [-0.1, -0.05) is 24.1 Å². The number of sulfonamides is 1. The zero-order valence-electron chi connectivity index (χ0n) is 17.1. The van der Waals surface area contributed by atoms with Crippen LogP contribution < -0.4 is 9.80 Å². The number of pyridine rings is 1. The fourth-order valence-corrected chi connectivity index (χ4v) is 5.89. The van der Waals surface area contributed by atoms with Crippen LogP contribution in [0.3, 0.4) is 0 Å². The zero-order valence-corrected chi connectivity index (χ0v) is 17.9. The molecule has 0 radical (unpaired) electrons. The van der Waals surface area contributed by atoms with E-state index in [0.717, 1.165) is 51.9 Å². The van der Waals surface area contributed by atoms with Crippen molar-refractivity contribution in [2.45, 2.75) is 37.5 Å². The Bertz CT molecular complexity index is 924. The first-order valence-electron chi connectivity index (χ1n) is 10.6. The molecule has 2 aliphatic heterocycles. The summed E-state index contributed by atoms with van der Waals surface area (Å²) in [7, 11) is -3.51. The van der Waals surface area contributed by atoms with Crippen molar-refractivity contribution in [3.63, 3.8) is 0 Å². The van der Waals surface area contributed by atoms with Crippen LogP contribution in [-0.2, 0) is 10.0 Å². The average Bonchev–Trinajstić information content (AvgIpc) is 3.01. The van der Waals surface area contributed by atoms with Crippen molar-refractivity contribution in [3.05, 3.63) is 48.2 Å². The summed E-state index contributed by atoms with van der Waals surface area (Å²) in [4.78, 5) is 9.39. The first-order chi connectivity index (χ1) is 14.1. The fraction of sp³-hybridized carbons (Fsp3) is 0.500. The number of hydrogen-bond donors (Lipinski definition) is 0. The molecule has 0 bridgehead atoms. The smallest absolute Gasteiger partial charge is 0.246 e. The second-order valence-corrected chi connectivity index (χ2v) is 9.86. The van der Waals surface area contributed by atoms with Crippen LogP contribution >= 0.6 is 0 Å². The summed E-state index contributed by atoms with van der Waals surface area (Å²) in [5.41, 5.74) is 2.48. The van der Waals surface area contributed by atoms with Crippen LogP contribution in [0.25, 0.3) is 0 Å². The molecule has 2 fully saturated rings. The molecule has 7 heteroatoms. The number of aromatic nitrogens is 1.